The highest BCUT2D eigenvalue weighted by Crippen LogP contribution is 2.30. The number of thiazole rings is 1. The molecule has 0 radical (unpaired) electrons. The Balaban J connectivity index is 1.19. The number of rotatable bonds is 28. The van der Waals surface area contributed by atoms with Crippen LogP contribution in [0.2, 0.25) is 0 Å². The molecule has 16 nitrogen and oxygen atoms in total. The number of para-hydroxylation sites is 1. The van der Waals surface area contributed by atoms with Gasteiger partial charge in [-0.3, -0.25) is 5.43 Å². The van der Waals surface area contributed by atoms with Gasteiger partial charge in [-0.25, -0.2) is 29.0 Å². The highest BCUT2D eigenvalue weighted by molar-refractivity contribution is 7.22. The zero-order chi connectivity index (χ0) is 50.5. The molecule has 70 heavy (non-hydrogen) atoms. The molecule has 4 aromatic carbocycles. The third-order valence-electron chi connectivity index (χ3n) is 9.81. The number of hydrogen-bond acceptors (Lipinski definition) is 17. The van der Waals surface area contributed by atoms with Crippen LogP contribution in [-0.2, 0) is 44.5 Å². The molecule has 0 spiro atoms. The van der Waals surface area contributed by atoms with Crippen LogP contribution in [0.4, 0.5) is 5.13 Å². The van der Waals surface area contributed by atoms with Crippen molar-refractivity contribution in [1.82, 2.24) is 4.98 Å². The largest absolute Gasteiger partial charge is 0.490 e. The molecule has 0 aliphatic heterocycles. The molecule has 1 N–H and O–H groups in total. The normalized spacial score (nSPS) is 11.8. The molecule has 1 heterocycles. The summed E-state index contributed by atoms with van der Waals surface area (Å²) in [5.41, 5.74) is 4.07. The van der Waals surface area contributed by atoms with Crippen LogP contribution in [0.5, 0.6) is 17.2 Å². The van der Waals surface area contributed by atoms with Gasteiger partial charge in [0.25, 0.3) is 0 Å². The second kappa shape index (κ2) is 26.2. The van der Waals surface area contributed by atoms with Crippen LogP contribution in [0.15, 0.2) is 134 Å². The lowest BCUT2D eigenvalue weighted by molar-refractivity contribution is -0.154. The van der Waals surface area contributed by atoms with Crippen molar-refractivity contribution < 1.29 is 61.9 Å². The quantitative estimate of drug-likeness (QED) is 0.00946. The summed E-state index contributed by atoms with van der Waals surface area (Å²) in [4.78, 5) is 66.0. The fourth-order valence-electron chi connectivity index (χ4n) is 6.88. The zero-order valence-electron chi connectivity index (χ0n) is 39.6. The average molecular weight is 976 g/mol. The van der Waals surface area contributed by atoms with E-state index in [1.807, 2.05) is 38.1 Å². The number of anilines is 1. The van der Waals surface area contributed by atoms with Crippen molar-refractivity contribution in [3.8, 4) is 17.2 Å². The number of hydrazone groups is 1. The lowest BCUT2D eigenvalue weighted by atomic mass is 9.92. The zero-order valence-corrected chi connectivity index (χ0v) is 40.5. The van der Waals surface area contributed by atoms with Gasteiger partial charge in [0.15, 0.2) is 6.10 Å². The van der Waals surface area contributed by atoms with Crippen molar-refractivity contribution in [2.45, 2.75) is 70.7 Å². The molecule has 17 heteroatoms. The number of nitrogens with one attached hydrogen (secondary N) is 1. The molecule has 1 atom stereocenters. The number of unbranched alkanes of at least 4 members (excludes halogenated alkanes) is 1. The third-order valence-corrected chi connectivity index (χ3v) is 10.8. The Morgan fingerprint density at radius 1 is 0.729 bits per heavy atom. The van der Waals surface area contributed by atoms with Crippen LogP contribution in [0.3, 0.4) is 0 Å². The number of ether oxygens (including phenoxy) is 8. The minimum atomic E-state index is -0.803. The van der Waals surface area contributed by atoms with Gasteiger partial charge in [0.2, 0.25) is 5.13 Å². The van der Waals surface area contributed by atoms with Crippen molar-refractivity contribution >= 4 is 62.7 Å². The number of esters is 5. The van der Waals surface area contributed by atoms with Gasteiger partial charge in [0, 0.05) is 43.2 Å². The number of hydrogen-bond donors (Lipinski definition) is 1. The van der Waals surface area contributed by atoms with E-state index in [9.17, 15) is 24.0 Å². The number of carbonyl (C=O) groups excluding carboxylic acids is 5. The molecule has 0 saturated heterocycles. The van der Waals surface area contributed by atoms with E-state index < -0.39 is 47.2 Å². The fourth-order valence-corrected chi connectivity index (χ4v) is 7.69. The summed E-state index contributed by atoms with van der Waals surface area (Å²) >= 11 is 1.43. The van der Waals surface area contributed by atoms with Crippen LogP contribution in [0.1, 0.15) is 78.8 Å². The summed E-state index contributed by atoms with van der Waals surface area (Å²) in [6, 6.07) is 25.7. The van der Waals surface area contributed by atoms with Crippen molar-refractivity contribution in [3.63, 3.8) is 0 Å². The van der Waals surface area contributed by atoms with Gasteiger partial charge >= 0.3 is 29.8 Å². The summed E-state index contributed by atoms with van der Waals surface area (Å²) in [5, 5.41) is 4.96. The van der Waals surface area contributed by atoms with Crippen molar-refractivity contribution in [3.05, 3.63) is 151 Å². The second-order valence-electron chi connectivity index (χ2n) is 16.7. The minimum Gasteiger partial charge on any atom is -0.490 e. The van der Waals surface area contributed by atoms with E-state index in [1.54, 1.807) is 68.4 Å². The maximum atomic E-state index is 13.5. The van der Waals surface area contributed by atoms with E-state index >= 15 is 0 Å². The molecule has 5 rings (SSSR count). The average Bonchev–Trinajstić information content (AvgIpc) is 3.76. The second-order valence-corrected chi connectivity index (χ2v) is 17.7. The van der Waals surface area contributed by atoms with Crippen LogP contribution in [0.25, 0.3) is 10.2 Å². The van der Waals surface area contributed by atoms with Crippen molar-refractivity contribution in [2.75, 3.05) is 38.5 Å². The lowest BCUT2D eigenvalue weighted by Crippen LogP contribution is -2.40. The number of fused-ring (bicyclic) bond motifs is 1. The Kier molecular flexibility index (Phi) is 20.0. The molecule has 0 amide bonds. The predicted octanol–water partition coefficient (Wildman–Crippen LogP) is 9.42. The van der Waals surface area contributed by atoms with E-state index in [0.717, 1.165) is 34.0 Å². The molecule has 0 fully saturated rings. The molecule has 0 bridgehead atoms. The predicted molar refractivity (Wildman–Crippen MR) is 266 cm³/mol. The first-order chi connectivity index (χ1) is 33.5. The van der Waals surface area contributed by atoms with Gasteiger partial charge in [0.1, 0.15) is 35.1 Å². The van der Waals surface area contributed by atoms with Crippen LogP contribution < -0.4 is 19.6 Å². The monoisotopic (exact) mass is 975 g/mol. The number of benzene rings is 4. The molecule has 0 aliphatic rings. The smallest absolute Gasteiger partial charge is 0.343 e. The maximum absolute atomic E-state index is 13.5. The first-order valence-electron chi connectivity index (χ1n) is 22.3. The minimum absolute atomic E-state index is 0.0418. The molecule has 1 unspecified atom stereocenters. The number of aromatic nitrogens is 1. The first kappa shape index (κ1) is 53.3. The van der Waals surface area contributed by atoms with Crippen LogP contribution in [0, 0.1) is 0 Å². The fraction of sp³-hybridized carbons (Fsp3) is 0.302. The van der Waals surface area contributed by atoms with Gasteiger partial charge in [0.05, 0.1) is 47.4 Å². The Labute approximate surface area is 410 Å². The van der Waals surface area contributed by atoms with E-state index in [4.69, 9.17) is 37.9 Å². The third kappa shape index (κ3) is 17.8. The van der Waals surface area contributed by atoms with Gasteiger partial charge in [-0.05, 0) is 119 Å². The van der Waals surface area contributed by atoms with E-state index in [2.05, 4.69) is 35.2 Å². The SMILES string of the molecule is C=CC(=O)OCCCCOCC(COc1ccc(C(=O)Oc2ccc(CCOC(=O)c3ccc(OC(C)(C)CC(C)(C)OC(=O)C=C)cc3)cc2/C=N/Nc2nc3ccccc3s2)cc1)OC(=O)C=C. The summed E-state index contributed by atoms with van der Waals surface area (Å²) in [7, 11) is 0. The van der Waals surface area contributed by atoms with Gasteiger partial charge in [-0.1, -0.05) is 49.3 Å². The Hall–Kier alpha value is -7.63. The van der Waals surface area contributed by atoms with Gasteiger partial charge < -0.3 is 37.9 Å². The first-order valence-corrected chi connectivity index (χ1v) is 23.1. The topological polar surface area (TPSA) is 196 Å². The molecular formula is C53H57N3O13S. The molecular weight excluding hydrogens is 919 g/mol. The van der Waals surface area contributed by atoms with E-state index in [0.29, 0.717) is 60.0 Å². The highest BCUT2D eigenvalue weighted by atomic mass is 32.1. The standard InChI is InChI=1S/C53H57N3O13S/c1-8-46(57)63-29-14-13-28-62-33-42(66-47(58)9-2)34-65-40-22-18-38(19-23-40)50(61)67-44-26-17-36(31-39(44)32-54-56-51-55-43-15-11-12-16-45(43)70-51)27-30-64-49(60)37-20-24-41(25-21-37)68-52(4,5)35-53(6,7)69-48(59)10-3/h8-12,15-26,31-32,42H,1-3,13-14,27-30,33-35H2,4-7H3,(H,55,56)/b54-32+. The molecule has 0 saturated carbocycles. The van der Waals surface area contributed by atoms with E-state index in [-0.39, 0.29) is 37.7 Å². The Morgan fingerprint density at radius 3 is 2.10 bits per heavy atom. The van der Waals surface area contributed by atoms with Crippen LogP contribution in [-0.4, -0.2) is 91.4 Å². The molecule has 5 aromatic rings. The summed E-state index contributed by atoms with van der Waals surface area (Å²) < 4.78 is 46.0. The van der Waals surface area contributed by atoms with Gasteiger partial charge in [-0.2, -0.15) is 5.10 Å². The number of carbonyl (C=O) groups is 5. The molecule has 0 aliphatic carbocycles. The van der Waals surface area contributed by atoms with Crippen molar-refractivity contribution in [2.24, 2.45) is 5.10 Å². The number of nitrogens with zero attached hydrogens (tertiary/aromatic N) is 2. The molecule has 368 valence electrons. The maximum Gasteiger partial charge on any atom is 0.343 e. The summed E-state index contributed by atoms with van der Waals surface area (Å²) in [6.45, 7) is 18.2. The summed E-state index contributed by atoms with van der Waals surface area (Å²) in [5.74, 6) is -1.67. The Morgan fingerprint density at radius 2 is 1.40 bits per heavy atom. The van der Waals surface area contributed by atoms with E-state index in [1.165, 1.54) is 29.7 Å². The summed E-state index contributed by atoms with van der Waals surface area (Å²) in [6.07, 6.45) is 5.94. The molecule has 1 aromatic heterocycles. The van der Waals surface area contributed by atoms with Gasteiger partial charge in [-0.15, -0.1) is 0 Å². The Bertz CT molecular complexity index is 2610. The highest BCUT2D eigenvalue weighted by Gasteiger charge is 2.33. The van der Waals surface area contributed by atoms with Crippen molar-refractivity contribution in [1.29, 1.82) is 0 Å². The lowest BCUT2D eigenvalue weighted by Gasteiger charge is -2.34. The van der Waals surface area contributed by atoms with Crippen LogP contribution >= 0.6 is 11.3 Å².